The van der Waals surface area contributed by atoms with Crippen LogP contribution in [-0.4, -0.2) is 17.5 Å². The maximum absolute atomic E-state index is 13.2. The van der Waals surface area contributed by atoms with Crippen LogP contribution in [0.2, 0.25) is 0 Å². The summed E-state index contributed by atoms with van der Waals surface area (Å²) in [5.74, 6) is 0.674. The average molecular weight is 407 g/mol. The fraction of sp³-hybridized carbons (Fsp3) is 0.407. The van der Waals surface area contributed by atoms with Crippen LogP contribution in [0.3, 0.4) is 0 Å². The van der Waals surface area contributed by atoms with E-state index in [4.69, 9.17) is 0 Å². The summed E-state index contributed by atoms with van der Waals surface area (Å²) in [6.45, 7) is 22.5. The van der Waals surface area contributed by atoms with Gasteiger partial charge >= 0.3 is 0 Å². The molecular weight excluding hydrogens is 368 g/mol. The zero-order valence-corrected chi connectivity index (χ0v) is 19.9. The smallest absolute Gasteiger partial charge is 0.228 e. The van der Waals surface area contributed by atoms with Crippen molar-refractivity contribution in [1.29, 1.82) is 0 Å². The van der Waals surface area contributed by atoms with Crippen LogP contribution in [0.1, 0.15) is 72.4 Å². The lowest BCUT2D eigenvalue weighted by Gasteiger charge is -2.28. The van der Waals surface area contributed by atoms with Gasteiger partial charge in [0.15, 0.2) is 0 Å². The molecule has 0 atom stereocenters. The molecule has 0 aliphatic carbocycles. The van der Waals surface area contributed by atoms with Gasteiger partial charge in [0.2, 0.25) is 5.91 Å². The van der Waals surface area contributed by atoms with Gasteiger partial charge in [-0.2, -0.15) is 0 Å². The Bertz CT molecular complexity index is 846. The first kappa shape index (κ1) is 25.4. The molecule has 0 N–H and O–H groups in total. The molecule has 0 bridgehead atoms. The highest BCUT2D eigenvalue weighted by atomic mass is 16.2. The number of rotatable bonds is 9. The van der Waals surface area contributed by atoms with Crippen molar-refractivity contribution >= 4 is 18.2 Å². The van der Waals surface area contributed by atoms with Crippen LogP contribution in [0, 0.1) is 5.41 Å². The maximum atomic E-state index is 13.2. The van der Waals surface area contributed by atoms with E-state index in [2.05, 4.69) is 89.3 Å². The number of benzene rings is 1. The molecule has 0 heterocycles. The minimum atomic E-state index is -0.108. The van der Waals surface area contributed by atoms with Crippen molar-refractivity contribution in [3.63, 3.8) is 0 Å². The number of aliphatic imine (C=N–C) groups is 1. The van der Waals surface area contributed by atoms with Crippen molar-refractivity contribution in [3.8, 4) is 0 Å². The second kappa shape index (κ2) is 11.5. The molecule has 30 heavy (non-hydrogen) atoms. The van der Waals surface area contributed by atoms with Crippen LogP contribution in [-0.2, 0) is 11.3 Å². The molecule has 1 amide bonds. The highest BCUT2D eigenvalue weighted by molar-refractivity contribution is 5.79. The third kappa shape index (κ3) is 8.36. The lowest BCUT2D eigenvalue weighted by atomic mass is 9.91. The zero-order valence-electron chi connectivity index (χ0n) is 19.9. The van der Waals surface area contributed by atoms with Gasteiger partial charge < -0.3 is 0 Å². The summed E-state index contributed by atoms with van der Waals surface area (Å²) < 4.78 is 0. The van der Waals surface area contributed by atoms with E-state index in [0.717, 1.165) is 28.7 Å². The third-order valence-corrected chi connectivity index (χ3v) is 4.56. The number of allylic oxidation sites excluding steroid dienone is 6. The van der Waals surface area contributed by atoms with Gasteiger partial charge in [0.1, 0.15) is 5.82 Å². The number of carbonyl (C=O) groups excluding carboxylic acids is 1. The van der Waals surface area contributed by atoms with Gasteiger partial charge in [-0.3, -0.25) is 9.69 Å². The van der Waals surface area contributed by atoms with Crippen LogP contribution >= 0.6 is 0 Å². The summed E-state index contributed by atoms with van der Waals surface area (Å²) in [5, 5.41) is 0. The Morgan fingerprint density at radius 2 is 1.73 bits per heavy atom. The Balaban J connectivity index is 3.29. The van der Waals surface area contributed by atoms with Crippen molar-refractivity contribution in [2.45, 2.75) is 67.9 Å². The van der Waals surface area contributed by atoms with Crippen LogP contribution in [0.5, 0.6) is 0 Å². The molecule has 1 aromatic carbocycles. The van der Waals surface area contributed by atoms with E-state index in [1.54, 1.807) is 4.90 Å². The lowest BCUT2D eigenvalue weighted by molar-refractivity contribution is -0.131. The normalized spacial score (nSPS) is 13.2. The highest BCUT2D eigenvalue weighted by Gasteiger charge is 2.24. The molecule has 3 nitrogen and oxygen atoms in total. The quantitative estimate of drug-likeness (QED) is 0.312. The second-order valence-electron chi connectivity index (χ2n) is 9.06. The molecule has 0 spiro atoms. The van der Waals surface area contributed by atoms with Crippen molar-refractivity contribution < 1.29 is 4.79 Å². The number of carbonyl (C=O) groups is 1. The van der Waals surface area contributed by atoms with Crippen molar-refractivity contribution in [2.75, 3.05) is 0 Å². The molecule has 0 fully saturated rings. The maximum Gasteiger partial charge on any atom is 0.228 e. The molecule has 0 aromatic heterocycles. The van der Waals surface area contributed by atoms with E-state index in [-0.39, 0.29) is 11.3 Å². The molecule has 0 saturated carbocycles. The molecule has 162 valence electrons. The van der Waals surface area contributed by atoms with Crippen LogP contribution < -0.4 is 0 Å². The van der Waals surface area contributed by atoms with Gasteiger partial charge in [-0.05, 0) is 61.6 Å². The number of hydrogen-bond acceptors (Lipinski definition) is 2. The summed E-state index contributed by atoms with van der Waals surface area (Å²) in [6, 6.07) is 8.32. The Kier molecular flexibility index (Phi) is 9.71. The van der Waals surface area contributed by atoms with Gasteiger partial charge in [0.25, 0.3) is 0 Å². The van der Waals surface area contributed by atoms with Crippen molar-refractivity contribution in [3.05, 3.63) is 77.2 Å². The molecule has 0 aliphatic rings. The molecule has 1 aromatic rings. The summed E-state index contributed by atoms with van der Waals surface area (Å²) in [6.07, 6.45) is 7.51. The third-order valence-electron chi connectivity index (χ3n) is 4.56. The number of amides is 1. The van der Waals surface area contributed by atoms with Gasteiger partial charge in [0, 0.05) is 6.42 Å². The zero-order chi connectivity index (χ0) is 22.9. The molecular formula is C27H38N2O. The predicted octanol–water partition coefficient (Wildman–Crippen LogP) is 7.33. The van der Waals surface area contributed by atoms with E-state index >= 15 is 0 Å². The topological polar surface area (TPSA) is 32.7 Å². The van der Waals surface area contributed by atoms with E-state index in [1.165, 1.54) is 5.57 Å². The first-order chi connectivity index (χ1) is 14.0. The van der Waals surface area contributed by atoms with Gasteiger partial charge in [-0.25, -0.2) is 4.99 Å². The predicted molar refractivity (Wildman–Crippen MR) is 131 cm³/mol. The van der Waals surface area contributed by atoms with E-state index in [1.807, 2.05) is 19.9 Å². The van der Waals surface area contributed by atoms with Gasteiger partial charge in [0.05, 0.1) is 6.54 Å². The highest BCUT2D eigenvalue weighted by Crippen LogP contribution is 2.25. The van der Waals surface area contributed by atoms with E-state index in [9.17, 15) is 4.79 Å². The van der Waals surface area contributed by atoms with E-state index < -0.39 is 0 Å². The van der Waals surface area contributed by atoms with Crippen LogP contribution in [0.4, 0.5) is 0 Å². The summed E-state index contributed by atoms with van der Waals surface area (Å²) in [7, 11) is 0. The minimum Gasteiger partial charge on any atom is -0.292 e. The summed E-state index contributed by atoms with van der Waals surface area (Å²) >= 11 is 0. The fourth-order valence-electron chi connectivity index (χ4n) is 3.13. The largest absolute Gasteiger partial charge is 0.292 e. The Morgan fingerprint density at radius 1 is 1.13 bits per heavy atom. The number of hydrogen-bond donors (Lipinski definition) is 0. The molecule has 0 radical (unpaired) electrons. The van der Waals surface area contributed by atoms with Gasteiger partial charge in [-0.15, -0.1) is 0 Å². The Morgan fingerprint density at radius 3 is 2.20 bits per heavy atom. The van der Waals surface area contributed by atoms with Crippen molar-refractivity contribution in [2.24, 2.45) is 10.4 Å². The van der Waals surface area contributed by atoms with Gasteiger partial charge in [-0.1, -0.05) is 82.3 Å². The molecule has 0 aliphatic heterocycles. The first-order valence-electron chi connectivity index (χ1n) is 10.6. The lowest BCUT2D eigenvalue weighted by Crippen LogP contribution is -2.32. The van der Waals surface area contributed by atoms with Crippen LogP contribution in [0.15, 0.2) is 71.0 Å². The molecule has 0 unspecified atom stereocenters. The average Bonchev–Trinajstić information content (AvgIpc) is 2.64. The van der Waals surface area contributed by atoms with Crippen molar-refractivity contribution in [1.82, 2.24) is 4.90 Å². The minimum absolute atomic E-state index is 0.0524. The summed E-state index contributed by atoms with van der Waals surface area (Å²) in [5.41, 5.74) is 5.22. The number of nitrogens with zero attached hydrogens (tertiary/aromatic N) is 2. The fourth-order valence-corrected chi connectivity index (χ4v) is 3.13. The first-order valence-corrected chi connectivity index (χ1v) is 10.6. The Labute approximate surface area is 183 Å². The molecule has 1 rings (SSSR count). The molecule has 0 saturated heterocycles. The SMILES string of the molecule is C=N/C(=C(C)/C=C\CC)N(Cc1ccc(/C(C)=C/C(=C)C)cc1)C(=O)CC(C)(C)C. The molecule has 3 heteroatoms. The summed E-state index contributed by atoms with van der Waals surface area (Å²) in [4.78, 5) is 19.2. The second-order valence-corrected chi connectivity index (χ2v) is 9.06. The van der Waals surface area contributed by atoms with Crippen LogP contribution in [0.25, 0.3) is 5.57 Å². The monoisotopic (exact) mass is 406 g/mol. The standard InChI is InChI=1S/C27H38N2O/c1-10-11-12-21(4)26(28-9)29(25(30)18-27(6,7)8)19-23-13-15-24(16-14-23)22(5)17-20(2)3/h11-17H,2,9-10,18-19H2,1,3-8H3/b12-11-,22-17+,26-21-. The van der Waals surface area contributed by atoms with E-state index in [0.29, 0.717) is 18.8 Å². The Hall–Kier alpha value is -2.68.